The molecule has 146 valence electrons. The van der Waals surface area contributed by atoms with Crippen molar-refractivity contribution in [2.75, 3.05) is 19.6 Å². The van der Waals surface area contributed by atoms with Crippen molar-refractivity contribution < 1.29 is 4.79 Å². The zero-order valence-corrected chi connectivity index (χ0v) is 16.8. The average Bonchev–Trinajstić information content (AvgIpc) is 3.29. The Labute approximate surface area is 165 Å². The van der Waals surface area contributed by atoms with Gasteiger partial charge in [0.25, 0.3) is 5.91 Å². The van der Waals surface area contributed by atoms with Gasteiger partial charge >= 0.3 is 0 Å². The standard InChI is InChI=1S/C22H27N5O/c1-15(13-27-10-6-7-11-27)23-22(28)18-12-21(19-14-26(3)25-16(19)2)24-20-9-5-4-8-17(18)20/h4-5,8-9,12,14-15H,6-7,10-11,13H2,1-3H3,(H,23,28)/t15-/m0/s1. The number of fused-ring (bicyclic) bond motifs is 1. The number of rotatable bonds is 5. The molecule has 1 N–H and O–H groups in total. The highest BCUT2D eigenvalue weighted by Crippen LogP contribution is 2.26. The molecule has 0 bridgehead atoms. The fourth-order valence-electron chi connectivity index (χ4n) is 4.05. The van der Waals surface area contributed by atoms with Gasteiger partial charge in [-0.05, 0) is 51.9 Å². The third-order valence-corrected chi connectivity index (χ3v) is 5.36. The number of nitrogens with one attached hydrogen (secondary N) is 1. The molecule has 0 unspecified atom stereocenters. The maximum Gasteiger partial charge on any atom is 0.252 e. The number of nitrogens with zero attached hydrogens (tertiary/aromatic N) is 4. The Kier molecular flexibility index (Phi) is 5.13. The van der Waals surface area contributed by atoms with Gasteiger partial charge in [0.05, 0.1) is 22.5 Å². The van der Waals surface area contributed by atoms with Gasteiger partial charge < -0.3 is 10.2 Å². The topological polar surface area (TPSA) is 63.1 Å². The number of carbonyl (C=O) groups excluding carboxylic acids is 1. The van der Waals surface area contributed by atoms with Gasteiger partial charge in [0, 0.05) is 36.8 Å². The lowest BCUT2D eigenvalue weighted by molar-refractivity contribution is 0.0933. The molecule has 28 heavy (non-hydrogen) atoms. The first-order valence-electron chi connectivity index (χ1n) is 9.95. The van der Waals surface area contributed by atoms with Crippen molar-refractivity contribution in [1.29, 1.82) is 0 Å². The lowest BCUT2D eigenvalue weighted by Gasteiger charge is -2.21. The first-order chi connectivity index (χ1) is 13.5. The molecular formula is C22H27N5O. The molecule has 1 aliphatic heterocycles. The highest BCUT2D eigenvalue weighted by Gasteiger charge is 2.19. The lowest BCUT2D eigenvalue weighted by atomic mass is 10.0. The van der Waals surface area contributed by atoms with Crippen molar-refractivity contribution in [3.05, 3.63) is 47.8 Å². The highest BCUT2D eigenvalue weighted by molar-refractivity contribution is 6.07. The quantitative estimate of drug-likeness (QED) is 0.742. The van der Waals surface area contributed by atoms with Crippen LogP contribution >= 0.6 is 0 Å². The molecule has 0 saturated carbocycles. The number of para-hydroxylation sites is 1. The van der Waals surface area contributed by atoms with Crippen molar-refractivity contribution in [3.63, 3.8) is 0 Å². The molecule has 1 saturated heterocycles. The fraction of sp³-hybridized carbons (Fsp3) is 0.409. The van der Waals surface area contributed by atoms with Gasteiger partial charge in [-0.25, -0.2) is 4.98 Å². The van der Waals surface area contributed by atoms with Crippen LogP contribution in [0, 0.1) is 6.92 Å². The second-order valence-corrected chi connectivity index (χ2v) is 7.76. The van der Waals surface area contributed by atoms with Crippen LogP contribution in [0.1, 0.15) is 35.8 Å². The zero-order chi connectivity index (χ0) is 19.7. The third-order valence-electron chi connectivity index (χ3n) is 5.36. The first-order valence-corrected chi connectivity index (χ1v) is 9.95. The van der Waals surface area contributed by atoms with E-state index in [-0.39, 0.29) is 11.9 Å². The summed E-state index contributed by atoms with van der Waals surface area (Å²) in [5.41, 5.74) is 4.12. The smallest absolute Gasteiger partial charge is 0.252 e. The van der Waals surface area contributed by atoms with E-state index in [9.17, 15) is 4.79 Å². The molecule has 6 heteroatoms. The Morgan fingerprint density at radius 1 is 1.25 bits per heavy atom. The van der Waals surface area contributed by atoms with Crippen LogP contribution in [0.25, 0.3) is 22.2 Å². The van der Waals surface area contributed by atoms with E-state index in [0.717, 1.165) is 47.5 Å². The van der Waals surface area contributed by atoms with Crippen LogP contribution in [0.15, 0.2) is 36.5 Å². The van der Waals surface area contributed by atoms with Crippen molar-refractivity contribution in [3.8, 4) is 11.3 Å². The monoisotopic (exact) mass is 377 g/mol. The molecule has 1 atom stereocenters. The van der Waals surface area contributed by atoms with Gasteiger partial charge in [-0.3, -0.25) is 9.48 Å². The van der Waals surface area contributed by atoms with E-state index >= 15 is 0 Å². The van der Waals surface area contributed by atoms with Crippen molar-refractivity contribution in [2.45, 2.75) is 32.7 Å². The van der Waals surface area contributed by atoms with Gasteiger partial charge in [0.15, 0.2) is 0 Å². The molecule has 1 fully saturated rings. The van der Waals surface area contributed by atoms with E-state index in [4.69, 9.17) is 4.98 Å². The molecule has 2 aromatic heterocycles. The van der Waals surface area contributed by atoms with Crippen LogP contribution in [-0.2, 0) is 7.05 Å². The maximum absolute atomic E-state index is 13.1. The summed E-state index contributed by atoms with van der Waals surface area (Å²) in [6.45, 7) is 7.19. The van der Waals surface area contributed by atoms with E-state index in [0.29, 0.717) is 5.56 Å². The molecule has 1 amide bonds. The normalized spacial score (nSPS) is 15.8. The van der Waals surface area contributed by atoms with E-state index in [1.54, 1.807) is 4.68 Å². The van der Waals surface area contributed by atoms with E-state index < -0.39 is 0 Å². The van der Waals surface area contributed by atoms with Crippen LogP contribution in [0.3, 0.4) is 0 Å². The number of likely N-dealkylation sites (tertiary alicyclic amines) is 1. The van der Waals surface area contributed by atoms with Crippen molar-refractivity contribution in [1.82, 2.24) is 25.0 Å². The summed E-state index contributed by atoms with van der Waals surface area (Å²) in [4.78, 5) is 20.3. The van der Waals surface area contributed by atoms with Crippen molar-refractivity contribution in [2.24, 2.45) is 7.05 Å². The van der Waals surface area contributed by atoms with E-state index in [2.05, 4.69) is 22.2 Å². The van der Waals surface area contributed by atoms with Crippen LogP contribution in [0.4, 0.5) is 0 Å². The molecule has 6 nitrogen and oxygen atoms in total. The molecular weight excluding hydrogens is 350 g/mol. The molecule has 3 aromatic rings. The largest absolute Gasteiger partial charge is 0.348 e. The van der Waals surface area contributed by atoms with Crippen molar-refractivity contribution >= 4 is 16.8 Å². The fourth-order valence-corrected chi connectivity index (χ4v) is 4.05. The zero-order valence-electron chi connectivity index (χ0n) is 16.8. The molecule has 1 aromatic carbocycles. The molecule has 0 aliphatic carbocycles. The lowest BCUT2D eigenvalue weighted by Crippen LogP contribution is -2.41. The molecule has 1 aliphatic rings. The van der Waals surface area contributed by atoms with Crippen LogP contribution in [0.2, 0.25) is 0 Å². The summed E-state index contributed by atoms with van der Waals surface area (Å²) in [5, 5.41) is 8.48. The number of pyridine rings is 1. The number of hydrogen-bond donors (Lipinski definition) is 1. The minimum absolute atomic E-state index is 0.0481. The highest BCUT2D eigenvalue weighted by atomic mass is 16.1. The predicted molar refractivity (Wildman–Crippen MR) is 111 cm³/mol. The number of carbonyl (C=O) groups is 1. The molecule has 0 spiro atoms. The summed E-state index contributed by atoms with van der Waals surface area (Å²) < 4.78 is 1.78. The second kappa shape index (κ2) is 7.72. The average molecular weight is 377 g/mol. The van der Waals surface area contributed by atoms with Gasteiger partial charge in [-0.15, -0.1) is 0 Å². The van der Waals surface area contributed by atoms with E-state index in [1.165, 1.54) is 12.8 Å². The number of aryl methyl sites for hydroxylation is 2. The first kappa shape index (κ1) is 18.6. The van der Waals surface area contributed by atoms with Gasteiger partial charge in [-0.2, -0.15) is 5.10 Å². The molecule has 4 rings (SSSR count). The van der Waals surface area contributed by atoms with Gasteiger partial charge in [0.1, 0.15) is 0 Å². The molecule has 3 heterocycles. The van der Waals surface area contributed by atoms with E-state index in [1.807, 2.05) is 50.5 Å². The Bertz CT molecular complexity index is 1000. The SMILES string of the molecule is Cc1nn(C)cc1-c1cc(C(=O)N[C@@H](C)CN2CCCC2)c2ccccc2n1. The summed E-state index contributed by atoms with van der Waals surface area (Å²) >= 11 is 0. The van der Waals surface area contributed by atoms with Gasteiger partial charge in [-0.1, -0.05) is 18.2 Å². The Balaban J connectivity index is 1.66. The van der Waals surface area contributed by atoms with Crippen LogP contribution in [-0.4, -0.2) is 51.2 Å². The van der Waals surface area contributed by atoms with Gasteiger partial charge in [0.2, 0.25) is 0 Å². The number of benzene rings is 1. The second-order valence-electron chi connectivity index (χ2n) is 7.76. The summed E-state index contributed by atoms with van der Waals surface area (Å²) in [7, 11) is 1.89. The number of hydrogen-bond acceptors (Lipinski definition) is 4. The minimum Gasteiger partial charge on any atom is -0.348 e. The van der Waals surface area contributed by atoms with Crippen LogP contribution in [0.5, 0.6) is 0 Å². The third kappa shape index (κ3) is 3.78. The summed E-state index contributed by atoms with van der Waals surface area (Å²) in [6.07, 6.45) is 4.46. The summed E-state index contributed by atoms with van der Waals surface area (Å²) in [5.74, 6) is -0.0481. The maximum atomic E-state index is 13.1. The molecule has 0 radical (unpaired) electrons. The Hall–Kier alpha value is -2.73. The Morgan fingerprint density at radius 3 is 2.71 bits per heavy atom. The summed E-state index contributed by atoms with van der Waals surface area (Å²) in [6, 6.07) is 9.80. The predicted octanol–water partition coefficient (Wildman–Crippen LogP) is 3.16. The Morgan fingerprint density at radius 2 is 2.00 bits per heavy atom. The van der Waals surface area contributed by atoms with Crippen LogP contribution < -0.4 is 5.32 Å². The minimum atomic E-state index is -0.0481. The number of aromatic nitrogens is 3. The number of amides is 1.